The van der Waals surface area contributed by atoms with E-state index in [0.717, 1.165) is 35.0 Å². The van der Waals surface area contributed by atoms with Crippen molar-refractivity contribution in [2.75, 3.05) is 13.2 Å². The molecule has 0 bridgehead atoms. The van der Waals surface area contributed by atoms with E-state index in [2.05, 4.69) is 9.97 Å². The van der Waals surface area contributed by atoms with Gasteiger partial charge in [-0.05, 0) is 25.1 Å². The summed E-state index contributed by atoms with van der Waals surface area (Å²) in [5.41, 5.74) is 7.75. The Kier molecular flexibility index (Phi) is 3.13. The fourth-order valence-corrected chi connectivity index (χ4v) is 2.05. The number of ether oxygens (including phenoxy) is 2. The topological polar surface area (TPSA) is 73.2 Å². The van der Waals surface area contributed by atoms with Crippen molar-refractivity contribution in [3.63, 3.8) is 0 Å². The second-order valence-electron chi connectivity index (χ2n) is 4.68. The number of benzene rings is 1. The van der Waals surface area contributed by atoms with E-state index in [-0.39, 0.29) is 6.04 Å². The van der Waals surface area contributed by atoms with Crippen molar-refractivity contribution < 1.29 is 9.47 Å². The molecule has 0 saturated carbocycles. The van der Waals surface area contributed by atoms with Crippen LogP contribution in [0, 0.1) is 0 Å². The van der Waals surface area contributed by atoms with Crippen LogP contribution in [0.2, 0.25) is 0 Å². The van der Waals surface area contributed by atoms with E-state index >= 15 is 0 Å². The number of aromatic nitrogens is 2. The molecule has 19 heavy (non-hydrogen) atoms. The highest BCUT2D eigenvalue weighted by atomic mass is 16.5. The number of imidazole rings is 1. The molecular weight excluding hydrogens is 242 g/mol. The first-order valence-corrected chi connectivity index (χ1v) is 6.44. The van der Waals surface area contributed by atoms with Crippen molar-refractivity contribution in [2.24, 2.45) is 5.73 Å². The lowest BCUT2D eigenvalue weighted by molar-refractivity contribution is 0.297. The molecule has 2 heterocycles. The van der Waals surface area contributed by atoms with E-state index in [4.69, 9.17) is 15.2 Å². The van der Waals surface area contributed by atoms with Crippen LogP contribution < -0.4 is 15.2 Å². The minimum Gasteiger partial charge on any atom is -0.490 e. The van der Waals surface area contributed by atoms with Crippen LogP contribution in [0.1, 0.15) is 25.2 Å². The maximum atomic E-state index is 5.80. The molecule has 100 valence electrons. The Labute approximate surface area is 111 Å². The lowest BCUT2D eigenvalue weighted by Gasteiger charge is -2.08. The summed E-state index contributed by atoms with van der Waals surface area (Å²) >= 11 is 0. The normalized spacial score (nSPS) is 15.9. The maximum Gasteiger partial charge on any atom is 0.161 e. The van der Waals surface area contributed by atoms with Crippen LogP contribution in [0.25, 0.3) is 11.3 Å². The van der Waals surface area contributed by atoms with Gasteiger partial charge in [0.2, 0.25) is 0 Å². The molecule has 5 nitrogen and oxygen atoms in total. The van der Waals surface area contributed by atoms with E-state index in [1.54, 1.807) is 6.20 Å². The highest BCUT2D eigenvalue weighted by Crippen LogP contribution is 2.33. The SMILES string of the molecule is CC(N)c1ncc(-c2ccc3c(c2)OCCCO3)[nH]1. The number of fused-ring (bicyclic) bond motifs is 1. The predicted octanol–water partition coefficient (Wildman–Crippen LogP) is 2.26. The number of aromatic amines is 1. The number of nitrogens with zero attached hydrogens (tertiary/aromatic N) is 1. The quantitative estimate of drug-likeness (QED) is 0.867. The zero-order valence-corrected chi connectivity index (χ0v) is 10.8. The summed E-state index contributed by atoms with van der Waals surface area (Å²) < 4.78 is 11.3. The summed E-state index contributed by atoms with van der Waals surface area (Å²) in [6.45, 7) is 3.28. The van der Waals surface area contributed by atoms with Gasteiger partial charge in [0.15, 0.2) is 11.5 Å². The lowest BCUT2D eigenvalue weighted by Crippen LogP contribution is -2.06. The van der Waals surface area contributed by atoms with Crippen LogP contribution in [0.5, 0.6) is 11.5 Å². The standard InChI is InChI=1S/C14H17N3O2/c1-9(15)14-16-8-11(17-14)10-3-4-12-13(7-10)19-6-2-5-18-12/h3-4,7-9H,2,5-6,15H2,1H3,(H,16,17). The molecule has 1 aliphatic rings. The van der Waals surface area contributed by atoms with Gasteiger partial charge in [-0.1, -0.05) is 0 Å². The molecular formula is C14H17N3O2. The van der Waals surface area contributed by atoms with Crippen molar-refractivity contribution in [1.82, 2.24) is 9.97 Å². The van der Waals surface area contributed by atoms with Gasteiger partial charge in [-0.3, -0.25) is 0 Å². The van der Waals surface area contributed by atoms with E-state index in [0.29, 0.717) is 13.2 Å². The Morgan fingerprint density at radius 3 is 2.79 bits per heavy atom. The largest absolute Gasteiger partial charge is 0.490 e. The number of nitrogens with two attached hydrogens (primary N) is 1. The molecule has 0 radical (unpaired) electrons. The third kappa shape index (κ3) is 2.42. The Balaban J connectivity index is 1.94. The molecule has 1 aromatic heterocycles. The van der Waals surface area contributed by atoms with Crippen LogP contribution in [-0.4, -0.2) is 23.2 Å². The molecule has 0 spiro atoms. The Morgan fingerprint density at radius 2 is 2.05 bits per heavy atom. The van der Waals surface area contributed by atoms with Gasteiger partial charge in [-0.2, -0.15) is 0 Å². The van der Waals surface area contributed by atoms with E-state index < -0.39 is 0 Å². The average Bonchev–Trinajstić information content (AvgIpc) is 2.78. The minimum absolute atomic E-state index is 0.103. The Hall–Kier alpha value is -2.01. The molecule has 1 atom stereocenters. The Morgan fingerprint density at radius 1 is 1.26 bits per heavy atom. The van der Waals surface area contributed by atoms with Gasteiger partial charge < -0.3 is 20.2 Å². The predicted molar refractivity (Wildman–Crippen MR) is 72.2 cm³/mol. The molecule has 3 rings (SSSR count). The number of rotatable bonds is 2. The summed E-state index contributed by atoms with van der Waals surface area (Å²) in [4.78, 5) is 7.49. The van der Waals surface area contributed by atoms with Crippen molar-refractivity contribution in [2.45, 2.75) is 19.4 Å². The molecule has 0 amide bonds. The summed E-state index contributed by atoms with van der Waals surface area (Å²) in [5, 5.41) is 0. The first-order valence-electron chi connectivity index (χ1n) is 6.44. The maximum absolute atomic E-state index is 5.80. The molecule has 2 aromatic rings. The third-order valence-corrected chi connectivity index (χ3v) is 3.09. The van der Waals surface area contributed by atoms with E-state index in [1.807, 2.05) is 25.1 Å². The number of nitrogens with one attached hydrogen (secondary N) is 1. The van der Waals surface area contributed by atoms with Gasteiger partial charge in [0.25, 0.3) is 0 Å². The highest BCUT2D eigenvalue weighted by Gasteiger charge is 2.13. The zero-order chi connectivity index (χ0) is 13.2. The molecule has 1 aliphatic heterocycles. The monoisotopic (exact) mass is 259 g/mol. The average molecular weight is 259 g/mol. The summed E-state index contributed by atoms with van der Waals surface area (Å²) in [6.07, 6.45) is 2.70. The van der Waals surface area contributed by atoms with E-state index in [9.17, 15) is 0 Å². The fraction of sp³-hybridized carbons (Fsp3) is 0.357. The molecule has 3 N–H and O–H groups in total. The summed E-state index contributed by atoms with van der Waals surface area (Å²) in [6, 6.07) is 5.79. The lowest BCUT2D eigenvalue weighted by atomic mass is 10.1. The summed E-state index contributed by atoms with van der Waals surface area (Å²) in [7, 11) is 0. The second-order valence-corrected chi connectivity index (χ2v) is 4.68. The number of hydrogen-bond acceptors (Lipinski definition) is 4. The molecule has 0 aliphatic carbocycles. The van der Waals surface area contributed by atoms with E-state index in [1.165, 1.54) is 0 Å². The molecule has 1 aromatic carbocycles. The molecule has 0 saturated heterocycles. The van der Waals surface area contributed by atoms with Crippen molar-refractivity contribution in [1.29, 1.82) is 0 Å². The second kappa shape index (κ2) is 4.93. The van der Waals surface area contributed by atoms with Crippen molar-refractivity contribution >= 4 is 0 Å². The van der Waals surface area contributed by atoms with Crippen LogP contribution >= 0.6 is 0 Å². The van der Waals surface area contributed by atoms with Gasteiger partial charge in [0, 0.05) is 12.0 Å². The summed E-state index contributed by atoms with van der Waals surface area (Å²) in [5.74, 6) is 2.36. The zero-order valence-electron chi connectivity index (χ0n) is 10.8. The number of H-pyrrole nitrogens is 1. The highest BCUT2D eigenvalue weighted by molar-refractivity contribution is 5.63. The first kappa shape index (κ1) is 12.0. The van der Waals surface area contributed by atoms with Gasteiger partial charge in [-0.15, -0.1) is 0 Å². The molecule has 0 fully saturated rings. The smallest absolute Gasteiger partial charge is 0.161 e. The van der Waals surface area contributed by atoms with Crippen LogP contribution in [0.3, 0.4) is 0 Å². The third-order valence-electron chi connectivity index (χ3n) is 3.09. The van der Waals surface area contributed by atoms with Crippen LogP contribution in [0.4, 0.5) is 0 Å². The van der Waals surface area contributed by atoms with Crippen LogP contribution in [-0.2, 0) is 0 Å². The minimum atomic E-state index is -0.103. The van der Waals surface area contributed by atoms with Crippen molar-refractivity contribution in [3.8, 4) is 22.8 Å². The van der Waals surface area contributed by atoms with Gasteiger partial charge in [0.05, 0.1) is 31.1 Å². The van der Waals surface area contributed by atoms with Gasteiger partial charge in [-0.25, -0.2) is 4.98 Å². The van der Waals surface area contributed by atoms with Crippen LogP contribution in [0.15, 0.2) is 24.4 Å². The molecule has 5 heteroatoms. The van der Waals surface area contributed by atoms with Gasteiger partial charge in [0.1, 0.15) is 5.82 Å². The Bertz CT molecular complexity index is 578. The number of hydrogen-bond donors (Lipinski definition) is 2. The molecule has 1 unspecified atom stereocenters. The fourth-order valence-electron chi connectivity index (χ4n) is 2.05. The first-order chi connectivity index (χ1) is 9.24. The van der Waals surface area contributed by atoms with Gasteiger partial charge >= 0.3 is 0 Å². The van der Waals surface area contributed by atoms with Crippen molar-refractivity contribution in [3.05, 3.63) is 30.2 Å².